The van der Waals surface area contributed by atoms with E-state index < -0.39 is 11.6 Å². The van der Waals surface area contributed by atoms with E-state index in [0.29, 0.717) is 11.2 Å². The van der Waals surface area contributed by atoms with E-state index in [4.69, 9.17) is 0 Å². The Morgan fingerprint density at radius 2 is 1.40 bits per heavy atom. The fourth-order valence-electron chi connectivity index (χ4n) is 2.79. The van der Waals surface area contributed by atoms with Gasteiger partial charge < -0.3 is 0 Å². The summed E-state index contributed by atoms with van der Waals surface area (Å²) in [5.74, 6) is -1.10. The standard InChI is InChI=1S/C21H14N2O2/c24-20(21(25)18-14-22-19-8-4-5-13-23(18)19)17-11-9-16(10-12-17)15-6-2-1-3-7-15/h1-14H. The van der Waals surface area contributed by atoms with Crippen molar-refractivity contribution in [3.05, 3.63) is 96.4 Å². The fourth-order valence-corrected chi connectivity index (χ4v) is 2.79. The third kappa shape index (κ3) is 2.74. The number of Topliss-reactive ketones (excluding diaryl/α,β-unsaturated/α-hetero) is 2. The van der Waals surface area contributed by atoms with Crippen LogP contribution in [-0.4, -0.2) is 21.0 Å². The van der Waals surface area contributed by atoms with Crippen molar-refractivity contribution in [1.82, 2.24) is 9.38 Å². The lowest BCUT2D eigenvalue weighted by Gasteiger charge is -2.04. The summed E-state index contributed by atoms with van der Waals surface area (Å²) in [5, 5.41) is 0. The first-order valence-corrected chi connectivity index (χ1v) is 7.90. The second-order valence-electron chi connectivity index (χ2n) is 5.67. The van der Waals surface area contributed by atoms with Gasteiger partial charge in [-0.15, -0.1) is 0 Å². The smallest absolute Gasteiger partial charge is 0.251 e. The van der Waals surface area contributed by atoms with E-state index in [1.165, 1.54) is 6.20 Å². The van der Waals surface area contributed by atoms with E-state index >= 15 is 0 Å². The van der Waals surface area contributed by atoms with E-state index in [9.17, 15) is 9.59 Å². The summed E-state index contributed by atoms with van der Waals surface area (Å²) in [4.78, 5) is 29.3. The zero-order valence-corrected chi connectivity index (χ0v) is 13.3. The zero-order chi connectivity index (χ0) is 17.2. The van der Waals surface area contributed by atoms with Crippen LogP contribution in [0.4, 0.5) is 0 Å². The number of carbonyl (C=O) groups is 2. The molecule has 0 bridgehead atoms. The molecule has 0 unspecified atom stereocenters. The normalized spacial score (nSPS) is 10.7. The molecule has 0 aliphatic rings. The Kier molecular flexibility index (Phi) is 3.71. The summed E-state index contributed by atoms with van der Waals surface area (Å²) < 4.78 is 1.62. The summed E-state index contributed by atoms with van der Waals surface area (Å²) in [6.07, 6.45) is 3.16. The highest BCUT2D eigenvalue weighted by Gasteiger charge is 2.21. The van der Waals surface area contributed by atoms with Crippen LogP contribution in [0.25, 0.3) is 16.8 Å². The molecule has 25 heavy (non-hydrogen) atoms. The quantitative estimate of drug-likeness (QED) is 0.420. The number of nitrogens with zero attached hydrogens (tertiary/aromatic N) is 2. The summed E-state index contributed by atoms with van der Waals surface area (Å²) >= 11 is 0. The minimum atomic E-state index is -0.564. The Balaban J connectivity index is 1.63. The Morgan fingerprint density at radius 3 is 2.16 bits per heavy atom. The fraction of sp³-hybridized carbons (Fsp3) is 0. The van der Waals surface area contributed by atoms with Crippen LogP contribution >= 0.6 is 0 Å². The van der Waals surface area contributed by atoms with Gasteiger partial charge in [-0.2, -0.15) is 0 Å². The average molecular weight is 326 g/mol. The Bertz CT molecular complexity index is 1060. The number of ketones is 2. The number of pyridine rings is 1. The molecule has 2 aromatic heterocycles. The van der Waals surface area contributed by atoms with E-state index in [1.54, 1.807) is 34.9 Å². The first-order chi connectivity index (χ1) is 12.2. The van der Waals surface area contributed by atoms with Crippen LogP contribution in [0.15, 0.2) is 85.2 Å². The van der Waals surface area contributed by atoms with Gasteiger partial charge in [-0.3, -0.25) is 14.0 Å². The van der Waals surface area contributed by atoms with Gasteiger partial charge in [0.1, 0.15) is 11.3 Å². The summed E-state index contributed by atoms with van der Waals surface area (Å²) in [5.41, 5.74) is 3.34. The van der Waals surface area contributed by atoms with Crippen molar-refractivity contribution in [2.24, 2.45) is 0 Å². The molecule has 0 saturated carbocycles. The van der Waals surface area contributed by atoms with Gasteiger partial charge in [-0.1, -0.05) is 60.7 Å². The summed E-state index contributed by atoms with van der Waals surface area (Å²) in [7, 11) is 0. The number of hydrogen-bond donors (Lipinski definition) is 0. The Labute approximate surface area is 144 Å². The zero-order valence-electron chi connectivity index (χ0n) is 13.3. The third-order valence-electron chi connectivity index (χ3n) is 4.11. The van der Waals surface area contributed by atoms with Crippen LogP contribution in [-0.2, 0) is 0 Å². The van der Waals surface area contributed by atoms with E-state index in [-0.39, 0.29) is 5.69 Å². The molecule has 0 N–H and O–H groups in total. The molecule has 4 nitrogen and oxygen atoms in total. The molecule has 0 aliphatic heterocycles. The van der Waals surface area contributed by atoms with E-state index in [0.717, 1.165) is 11.1 Å². The SMILES string of the molecule is O=C(C(=O)c1cnc2ccccn12)c1ccc(-c2ccccc2)cc1. The van der Waals surface area contributed by atoms with Crippen LogP contribution in [0, 0.1) is 0 Å². The summed E-state index contributed by atoms with van der Waals surface area (Å²) in [6, 6.07) is 22.4. The highest BCUT2D eigenvalue weighted by atomic mass is 16.2. The number of aromatic nitrogens is 2. The van der Waals surface area contributed by atoms with Crippen molar-refractivity contribution >= 4 is 17.2 Å². The molecular formula is C21H14N2O2. The highest BCUT2D eigenvalue weighted by Crippen LogP contribution is 2.20. The number of fused-ring (bicyclic) bond motifs is 1. The molecule has 0 radical (unpaired) electrons. The van der Waals surface area contributed by atoms with Gasteiger partial charge in [0.2, 0.25) is 5.78 Å². The van der Waals surface area contributed by atoms with E-state index in [2.05, 4.69) is 4.98 Å². The highest BCUT2D eigenvalue weighted by molar-refractivity contribution is 6.48. The number of hydrogen-bond acceptors (Lipinski definition) is 3. The lowest BCUT2D eigenvalue weighted by molar-refractivity contribution is 0.0813. The van der Waals surface area contributed by atoms with Gasteiger partial charge in [-0.25, -0.2) is 4.98 Å². The predicted octanol–water partition coefficient (Wildman–Crippen LogP) is 4.07. The molecule has 4 aromatic rings. The lowest BCUT2D eigenvalue weighted by Crippen LogP contribution is -2.16. The predicted molar refractivity (Wildman–Crippen MR) is 95.7 cm³/mol. The lowest BCUT2D eigenvalue weighted by atomic mass is 10.0. The van der Waals surface area contributed by atoms with Crippen LogP contribution < -0.4 is 0 Å². The Morgan fingerprint density at radius 1 is 0.720 bits per heavy atom. The number of benzene rings is 2. The minimum Gasteiger partial charge on any atom is -0.297 e. The number of rotatable bonds is 4. The van der Waals surface area contributed by atoms with Crippen molar-refractivity contribution in [3.63, 3.8) is 0 Å². The van der Waals surface area contributed by atoms with Crippen LogP contribution in [0.2, 0.25) is 0 Å². The maximum Gasteiger partial charge on any atom is 0.251 e. The van der Waals surface area contributed by atoms with Crippen molar-refractivity contribution in [3.8, 4) is 11.1 Å². The summed E-state index contributed by atoms with van der Waals surface area (Å²) in [6.45, 7) is 0. The molecule has 4 heteroatoms. The Hall–Kier alpha value is -3.53. The molecule has 0 spiro atoms. The molecule has 0 amide bonds. The van der Waals surface area contributed by atoms with Crippen molar-refractivity contribution < 1.29 is 9.59 Å². The second kappa shape index (κ2) is 6.17. The van der Waals surface area contributed by atoms with Gasteiger partial charge in [0.15, 0.2) is 0 Å². The van der Waals surface area contributed by atoms with Crippen LogP contribution in [0.1, 0.15) is 20.8 Å². The second-order valence-corrected chi connectivity index (χ2v) is 5.67. The van der Waals surface area contributed by atoms with Crippen molar-refractivity contribution in [2.75, 3.05) is 0 Å². The largest absolute Gasteiger partial charge is 0.297 e. The van der Waals surface area contributed by atoms with Gasteiger partial charge >= 0.3 is 0 Å². The third-order valence-corrected chi connectivity index (χ3v) is 4.11. The first-order valence-electron chi connectivity index (χ1n) is 7.90. The van der Waals surface area contributed by atoms with E-state index in [1.807, 2.05) is 48.5 Å². The molecule has 2 heterocycles. The maximum atomic E-state index is 12.6. The van der Waals surface area contributed by atoms with Gasteiger partial charge in [0.25, 0.3) is 5.78 Å². The minimum absolute atomic E-state index is 0.271. The molecule has 0 saturated heterocycles. The van der Waals surface area contributed by atoms with Gasteiger partial charge in [0, 0.05) is 11.8 Å². The average Bonchev–Trinajstić information content (AvgIpc) is 3.12. The van der Waals surface area contributed by atoms with Crippen LogP contribution in [0.5, 0.6) is 0 Å². The van der Waals surface area contributed by atoms with Crippen molar-refractivity contribution in [1.29, 1.82) is 0 Å². The number of imidazole rings is 1. The molecule has 4 rings (SSSR count). The molecule has 120 valence electrons. The monoisotopic (exact) mass is 326 g/mol. The van der Waals surface area contributed by atoms with Gasteiger partial charge in [0.05, 0.1) is 6.20 Å². The van der Waals surface area contributed by atoms with Crippen molar-refractivity contribution in [2.45, 2.75) is 0 Å². The van der Waals surface area contributed by atoms with Gasteiger partial charge in [-0.05, 0) is 23.3 Å². The van der Waals surface area contributed by atoms with Crippen LogP contribution in [0.3, 0.4) is 0 Å². The topological polar surface area (TPSA) is 51.4 Å². The molecule has 2 aromatic carbocycles. The molecule has 0 fully saturated rings. The molecule has 0 aliphatic carbocycles. The number of carbonyl (C=O) groups excluding carboxylic acids is 2. The molecular weight excluding hydrogens is 312 g/mol. The maximum absolute atomic E-state index is 12.6. The first kappa shape index (κ1) is 15.0. The molecule has 0 atom stereocenters.